The van der Waals surface area contributed by atoms with Crippen LogP contribution in [0.25, 0.3) is 5.69 Å². The summed E-state index contributed by atoms with van der Waals surface area (Å²) in [5, 5.41) is 18.1. The van der Waals surface area contributed by atoms with Crippen molar-refractivity contribution in [3.8, 4) is 11.4 Å². The quantitative estimate of drug-likeness (QED) is 0.444. The van der Waals surface area contributed by atoms with Crippen molar-refractivity contribution in [1.29, 1.82) is 0 Å². The van der Waals surface area contributed by atoms with Crippen molar-refractivity contribution < 1.29 is 22.9 Å². The summed E-state index contributed by atoms with van der Waals surface area (Å²) < 4.78 is 31.2. The summed E-state index contributed by atoms with van der Waals surface area (Å²) in [7, 11) is -3.35. The number of anilines is 1. The molecular weight excluding hydrogens is 436 g/mol. The van der Waals surface area contributed by atoms with Gasteiger partial charge in [0.15, 0.2) is 9.84 Å². The van der Waals surface area contributed by atoms with Crippen molar-refractivity contribution >= 4 is 27.2 Å². The molecule has 1 amide bonds. The smallest absolute Gasteiger partial charge is 0.269 e. The van der Waals surface area contributed by atoms with Crippen LogP contribution in [0, 0.1) is 10.1 Å². The Morgan fingerprint density at radius 1 is 1.12 bits per heavy atom. The van der Waals surface area contributed by atoms with Gasteiger partial charge in [-0.1, -0.05) is 0 Å². The molecule has 11 heteroatoms. The second kappa shape index (κ2) is 8.08. The molecule has 2 heterocycles. The van der Waals surface area contributed by atoms with Crippen molar-refractivity contribution in [2.24, 2.45) is 0 Å². The van der Waals surface area contributed by atoms with E-state index in [9.17, 15) is 23.3 Å². The molecule has 32 heavy (non-hydrogen) atoms. The van der Waals surface area contributed by atoms with E-state index >= 15 is 0 Å². The lowest BCUT2D eigenvalue weighted by molar-refractivity contribution is -0.384. The first-order chi connectivity index (χ1) is 15.1. The van der Waals surface area contributed by atoms with Crippen LogP contribution < -0.4 is 10.1 Å². The van der Waals surface area contributed by atoms with Crippen LogP contribution >= 0.6 is 0 Å². The molecule has 1 N–H and O–H groups in total. The number of nitro benzene ring substituents is 1. The molecule has 0 aliphatic carbocycles. The molecule has 0 atom stereocenters. The molecule has 1 aliphatic rings. The Kier molecular flexibility index (Phi) is 5.43. The van der Waals surface area contributed by atoms with E-state index in [1.807, 2.05) is 13.8 Å². The number of carbonyl (C=O) groups excluding carboxylic acids is 1. The van der Waals surface area contributed by atoms with Gasteiger partial charge in [-0.05, 0) is 50.2 Å². The molecule has 2 aromatic carbocycles. The topological polar surface area (TPSA) is 133 Å². The number of carbonyl (C=O) groups is 1. The molecule has 0 radical (unpaired) electrons. The Morgan fingerprint density at radius 3 is 2.38 bits per heavy atom. The highest BCUT2D eigenvalue weighted by Crippen LogP contribution is 2.33. The number of hydrogen-bond donors (Lipinski definition) is 1. The van der Waals surface area contributed by atoms with Crippen molar-refractivity contribution in [1.82, 2.24) is 9.78 Å². The third-order valence-electron chi connectivity index (χ3n) is 4.81. The third-order valence-corrected chi connectivity index (χ3v) is 6.25. The fourth-order valence-corrected chi connectivity index (χ4v) is 4.90. The van der Waals surface area contributed by atoms with E-state index in [0.29, 0.717) is 28.3 Å². The normalized spacial score (nSPS) is 14.2. The van der Waals surface area contributed by atoms with Gasteiger partial charge >= 0.3 is 0 Å². The predicted molar refractivity (Wildman–Crippen MR) is 117 cm³/mol. The zero-order chi connectivity index (χ0) is 23.0. The molecular formula is C21H20N4O6S. The van der Waals surface area contributed by atoms with Gasteiger partial charge in [0.1, 0.15) is 11.6 Å². The number of rotatable bonds is 6. The van der Waals surface area contributed by atoms with E-state index in [-0.39, 0.29) is 29.1 Å². The molecule has 0 fully saturated rings. The summed E-state index contributed by atoms with van der Waals surface area (Å²) in [6.07, 6.45) is -0.00439. The van der Waals surface area contributed by atoms with Crippen molar-refractivity contribution in [2.75, 3.05) is 5.32 Å². The summed E-state index contributed by atoms with van der Waals surface area (Å²) in [6, 6.07) is 12.2. The number of ether oxygens (including phenoxy) is 1. The Labute approximate surface area is 183 Å². The number of non-ortho nitro benzene ring substituents is 1. The number of amides is 1. The maximum Gasteiger partial charge on any atom is 0.269 e. The Hall–Kier alpha value is -3.73. The van der Waals surface area contributed by atoms with Gasteiger partial charge in [0.25, 0.3) is 11.6 Å². The summed E-state index contributed by atoms with van der Waals surface area (Å²) in [5.41, 5.74) is 1.48. The van der Waals surface area contributed by atoms with Gasteiger partial charge in [0.2, 0.25) is 0 Å². The first kappa shape index (κ1) is 21.5. The monoisotopic (exact) mass is 456 g/mol. The minimum Gasteiger partial charge on any atom is -0.491 e. The molecule has 4 rings (SSSR count). The SMILES string of the molecule is CC(C)Oc1ccc(C(=O)Nc2c3c(nn2-c2ccc([N+](=O)[O-])cc2)CS(=O)(=O)C3)cc1. The van der Waals surface area contributed by atoms with Crippen molar-refractivity contribution in [3.05, 3.63) is 75.5 Å². The fraction of sp³-hybridized carbons (Fsp3) is 0.238. The van der Waals surface area contributed by atoms with Gasteiger partial charge in [-0.25, -0.2) is 13.1 Å². The van der Waals surface area contributed by atoms with Gasteiger partial charge in [-0.2, -0.15) is 5.10 Å². The largest absolute Gasteiger partial charge is 0.491 e. The number of nitrogens with one attached hydrogen (secondary N) is 1. The number of nitrogens with zero attached hydrogens (tertiary/aromatic N) is 3. The lowest BCUT2D eigenvalue weighted by atomic mass is 10.2. The van der Waals surface area contributed by atoms with Crippen LogP contribution in [0.5, 0.6) is 5.75 Å². The highest BCUT2D eigenvalue weighted by Gasteiger charge is 2.33. The molecule has 166 valence electrons. The number of benzene rings is 2. The van der Waals surface area contributed by atoms with E-state index in [2.05, 4.69) is 10.4 Å². The fourth-order valence-electron chi connectivity index (χ4n) is 3.41. The first-order valence-electron chi connectivity index (χ1n) is 9.77. The minimum atomic E-state index is -3.35. The lowest BCUT2D eigenvalue weighted by Gasteiger charge is -2.12. The molecule has 10 nitrogen and oxygen atoms in total. The van der Waals surface area contributed by atoms with Gasteiger partial charge in [0, 0.05) is 23.3 Å². The second-order valence-electron chi connectivity index (χ2n) is 7.64. The summed E-state index contributed by atoms with van der Waals surface area (Å²) in [4.78, 5) is 23.3. The lowest BCUT2D eigenvalue weighted by Crippen LogP contribution is -2.17. The van der Waals surface area contributed by atoms with Crippen LogP contribution in [0.1, 0.15) is 35.5 Å². The van der Waals surface area contributed by atoms with E-state index < -0.39 is 20.7 Å². The number of hydrogen-bond acceptors (Lipinski definition) is 7. The van der Waals surface area contributed by atoms with Crippen LogP contribution in [-0.2, 0) is 21.3 Å². The van der Waals surface area contributed by atoms with Crippen LogP contribution in [0.4, 0.5) is 11.5 Å². The molecule has 1 aliphatic heterocycles. The maximum atomic E-state index is 12.9. The van der Waals surface area contributed by atoms with Crippen molar-refractivity contribution in [3.63, 3.8) is 0 Å². The summed E-state index contributed by atoms with van der Waals surface area (Å²) in [6.45, 7) is 3.79. The predicted octanol–water partition coefficient (Wildman–Crippen LogP) is 3.25. The van der Waals surface area contributed by atoms with Gasteiger partial charge < -0.3 is 10.1 Å². The van der Waals surface area contributed by atoms with Crippen LogP contribution in [-0.4, -0.2) is 35.1 Å². The number of sulfone groups is 1. The Morgan fingerprint density at radius 2 is 1.78 bits per heavy atom. The summed E-state index contributed by atoms with van der Waals surface area (Å²) in [5.74, 6) is -0.0726. The van der Waals surface area contributed by atoms with Crippen LogP contribution in [0.3, 0.4) is 0 Å². The second-order valence-corrected chi connectivity index (χ2v) is 9.70. The van der Waals surface area contributed by atoms with Gasteiger partial charge in [-0.15, -0.1) is 0 Å². The highest BCUT2D eigenvalue weighted by molar-refractivity contribution is 7.90. The zero-order valence-electron chi connectivity index (χ0n) is 17.3. The molecule has 0 bridgehead atoms. The molecule has 0 saturated carbocycles. The Balaban J connectivity index is 1.68. The average Bonchev–Trinajstić information content (AvgIpc) is 3.20. The minimum absolute atomic E-state index is 0.00439. The molecule has 1 aromatic heterocycles. The maximum absolute atomic E-state index is 12.9. The van der Waals surface area contributed by atoms with Crippen LogP contribution in [0.2, 0.25) is 0 Å². The standard InChI is InChI=1S/C21H20N4O6S/c1-13(2)31-17-9-3-14(4-10-17)21(26)22-20-18-11-32(29,30)12-19(18)23-24(20)15-5-7-16(8-6-15)25(27)28/h3-10,13H,11-12H2,1-2H3,(H,22,26). The van der Waals surface area contributed by atoms with Gasteiger partial charge in [0.05, 0.1) is 33.9 Å². The highest BCUT2D eigenvalue weighted by atomic mass is 32.2. The van der Waals surface area contributed by atoms with E-state index in [1.54, 1.807) is 24.3 Å². The first-order valence-corrected chi connectivity index (χ1v) is 11.6. The Bertz CT molecular complexity index is 1300. The summed E-state index contributed by atoms with van der Waals surface area (Å²) >= 11 is 0. The van der Waals surface area contributed by atoms with Crippen molar-refractivity contribution in [2.45, 2.75) is 31.5 Å². The third kappa shape index (κ3) is 4.33. The molecule has 3 aromatic rings. The van der Waals surface area contributed by atoms with Crippen LogP contribution in [0.15, 0.2) is 48.5 Å². The molecule has 0 unspecified atom stereocenters. The number of fused-ring (bicyclic) bond motifs is 1. The average molecular weight is 456 g/mol. The number of aromatic nitrogens is 2. The van der Waals surface area contributed by atoms with E-state index in [4.69, 9.17) is 4.74 Å². The molecule has 0 spiro atoms. The van der Waals surface area contributed by atoms with E-state index in [0.717, 1.165) is 0 Å². The van der Waals surface area contributed by atoms with Gasteiger partial charge in [-0.3, -0.25) is 14.9 Å². The zero-order valence-corrected chi connectivity index (χ0v) is 18.1. The van der Waals surface area contributed by atoms with E-state index in [1.165, 1.54) is 28.9 Å². The number of nitro groups is 1. The molecule has 0 saturated heterocycles.